The molecule has 26 heavy (non-hydrogen) atoms. The molecule has 0 amide bonds. The zero-order valence-electron chi connectivity index (χ0n) is 15.0. The lowest BCUT2D eigenvalue weighted by atomic mass is 10.0. The van der Waals surface area contributed by atoms with E-state index in [-0.39, 0.29) is 0 Å². The molecule has 0 saturated heterocycles. The predicted molar refractivity (Wildman–Crippen MR) is 103 cm³/mol. The Morgan fingerprint density at radius 1 is 1.04 bits per heavy atom. The first kappa shape index (κ1) is 18.4. The molecule has 0 aliphatic rings. The summed E-state index contributed by atoms with van der Waals surface area (Å²) in [5.41, 5.74) is 3.17. The second-order valence-electron chi connectivity index (χ2n) is 6.49. The van der Waals surface area contributed by atoms with Gasteiger partial charge >= 0.3 is 0 Å². The second kappa shape index (κ2) is 7.85. The van der Waals surface area contributed by atoms with Crippen molar-refractivity contribution in [2.24, 2.45) is 0 Å². The summed E-state index contributed by atoms with van der Waals surface area (Å²) < 4.78 is 29.2. The highest BCUT2D eigenvalue weighted by Crippen LogP contribution is 2.17. The largest absolute Gasteiger partial charge is 0.241 e. The molecular formula is C20H23N3O2S. The Kier molecular flexibility index (Phi) is 5.54. The van der Waals surface area contributed by atoms with Gasteiger partial charge in [0.05, 0.1) is 10.6 Å². The van der Waals surface area contributed by atoms with Gasteiger partial charge in [0.25, 0.3) is 0 Å². The third kappa shape index (κ3) is 4.39. The maximum absolute atomic E-state index is 12.4. The molecule has 0 aliphatic carbocycles. The fraction of sp³-hybridized carbons (Fsp3) is 0.250. The first-order chi connectivity index (χ1) is 12.5. The van der Waals surface area contributed by atoms with Crippen LogP contribution in [0.25, 0.3) is 5.69 Å². The zero-order valence-corrected chi connectivity index (χ0v) is 15.8. The van der Waals surface area contributed by atoms with Crippen LogP contribution in [0, 0.1) is 0 Å². The SMILES string of the molecule is CC(C)c1ccc(S(=O)(=O)NCCc2ccc(-n3cccn3)cc2)cc1. The molecule has 6 heteroatoms. The van der Waals surface area contributed by atoms with E-state index in [1.807, 2.05) is 48.7 Å². The average Bonchev–Trinajstić information content (AvgIpc) is 3.17. The fourth-order valence-corrected chi connectivity index (χ4v) is 3.71. The summed E-state index contributed by atoms with van der Waals surface area (Å²) in [6.45, 7) is 4.52. The lowest BCUT2D eigenvalue weighted by Gasteiger charge is -2.09. The first-order valence-electron chi connectivity index (χ1n) is 8.64. The first-order valence-corrected chi connectivity index (χ1v) is 10.1. The van der Waals surface area contributed by atoms with Gasteiger partial charge in [-0.1, -0.05) is 38.1 Å². The highest BCUT2D eigenvalue weighted by Gasteiger charge is 2.13. The van der Waals surface area contributed by atoms with Crippen LogP contribution < -0.4 is 4.72 Å². The Bertz CT molecular complexity index is 930. The summed E-state index contributed by atoms with van der Waals surface area (Å²) in [5.74, 6) is 0.379. The predicted octanol–water partition coefficient (Wildman–Crippen LogP) is 3.52. The van der Waals surface area contributed by atoms with E-state index >= 15 is 0 Å². The topological polar surface area (TPSA) is 64.0 Å². The third-order valence-electron chi connectivity index (χ3n) is 4.27. The van der Waals surface area contributed by atoms with Gasteiger partial charge in [-0.3, -0.25) is 0 Å². The molecule has 0 unspecified atom stereocenters. The molecule has 3 rings (SSSR count). The minimum absolute atomic E-state index is 0.302. The van der Waals surface area contributed by atoms with Crippen molar-refractivity contribution < 1.29 is 8.42 Å². The third-order valence-corrected chi connectivity index (χ3v) is 5.75. The Morgan fingerprint density at radius 3 is 2.31 bits per heavy atom. The highest BCUT2D eigenvalue weighted by atomic mass is 32.2. The quantitative estimate of drug-likeness (QED) is 0.693. The monoisotopic (exact) mass is 369 g/mol. The van der Waals surface area contributed by atoms with Gasteiger partial charge in [-0.05, 0) is 53.8 Å². The maximum Gasteiger partial charge on any atom is 0.240 e. The van der Waals surface area contributed by atoms with Crippen LogP contribution in [0.3, 0.4) is 0 Å². The van der Waals surface area contributed by atoms with Gasteiger partial charge < -0.3 is 0 Å². The number of nitrogens with one attached hydrogen (secondary N) is 1. The van der Waals surface area contributed by atoms with Crippen LogP contribution >= 0.6 is 0 Å². The van der Waals surface area contributed by atoms with E-state index in [1.165, 1.54) is 0 Å². The van der Waals surface area contributed by atoms with Crippen molar-refractivity contribution in [3.63, 3.8) is 0 Å². The molecule has 2 aromatic carbocycles. The van der Waals surface area contributed by atoms with Crippen LogP contribution in [0.5, 0.6) is 0 Å². The molecule has 0 atom stereocenters. The molecule has 5 nitrogen and oxygen atoms in total. The summed E-state index contributed by atoms with van der Waals surface area (Å²) in [4.78, 5) is 0.302. The van der Waals surface area contributed by atoms with Crippen molar-refractivity contribution in [3.05, 3.63) is 78.1 Å². The lowest BCUT2D eigenvalue weighted by molar-refractivity contribution is 0.581. The molecule has 0 fully saturated rings. The number of hydrogen-bond acceptors (Lipinski definition) is 3. The van der Waals surface area contributed by atoms with Gasteiger partial charge in [-0.2, -0.15) is 5.10 Å². The van der Waals surface area contributed by atoms with Crippen molar-refractivity contribution in [2.45, 2.75) is 31.1 Å². The smallest absolute Gasteiger partial charge is 0.240 e. The molecule has 136 valence electrons. The van der Waals surface area contributed by atoms with Crippen LogP contribution in [0.15, 0.2) is 71.9 Å². The van der Waals surface area contributed by atoms with Crippen LogP contribution in [0.4, 0.5) is 0 Å². The van der Waals surface area contributed by atoms with Crippen LogP contribution in [0.1, 0.15) is 30.9 Å². The molecule has 1 heterocycles. The molecule has 1 N–H and O–H groups in total. The zero-order chi connectivity index (χ0) is 18.6. The number of benzene rings is 2. The minimum Gasteiger partial charge on any atom is -0.241 e. The maximum atomic E-state index is 12.4. The normalized spacial score (nSPS) is 11.8. The summed E-state index contributed by atoms with van der Waals surface area (Å²) >= 11 is 0. The van der Waals surface area contributed by atoms with Gasteiger partial charge in [-0.15, -0.1) is 0 Å². The summed E-state index contributed by atoms with van der Waals surface area (Å²) in [6, 6.07) is 16.9. The Balaban J connectivity index is 1.58. The van der Waals surface area contributed by atoms with E-state index < -0.39 is 10.0 Å². The van der Waals surface area contributed by atoms with E-state index in [1.54, 1.807) is 23.0 Å². The molecule has 0 spiro atoms. The summed E-state index contributed by atoms with van der Waals surface area (Å²) in [7, 11) is -3.48. The van der Waals surface area contributed by atoms with E-state index in [0.717, 1.165) is 16.8 Å². The van der Waals surface area contributed by atoms with Crippen molar-refractivity contribution in [1.29, 1.82) is 0 Å². The second-order valence-corrected chi connectivity index (χ2v) is 8.26. The van der Waals surface area contributed by atoms with E-state index in [0.29, 0.717) is 23.8 Å². The minimum atomic E-state index is -3.48. The Morgan fingerprint density at radius 2 is 1.73 bits per heavy atom. The molecule has 1 aromatic heterocycles. The number of rotatable bonds is 7. The Labute approximate surface area is 154 Å². The average molecular weight is 369 g/mol. The van der Waals surface area contributed by atoms with Crippen LogP contribution in [0.2, 0.25) is 0 Å². The standard InChI is InChI=1S/C20H23N3O2S/c1-16(2)18-6-10-20(11-7-18)26(24,25)22-14-12-17-4-8-19(9-5-17)23-15-3-13-21-23/h3-11,13,15-16,22H,12,14H2,1-2H3. The van der Waals surface area contributed by atoms with Gasteiger partial charge in [-0.25, -0.2) is 17.8 Å². The highest BCUT2D eigenvalue weighted by molar-refractivity contribution is 7.89. The molecule has 0 radical (unpaired) electrons. The number of nitrogens with zero attached hydrogens (tertiary/aromatic N) is 2. The van der Waals surface area contributed by atoms with Gasteiger partial charge in [0.1, 0.15) is 0 Å². The summed E-state index contributed by atoms with van der Waals surface area (Å²) in [5, 5.41) is 4.19. The number of aromatic nitrogens is 2. The number of hydrogen-bond donors (Lipinski definition) is 1. The Hall–Kier alpha value is -2.44. The molecular weight excluding hydrogens is 346 g/mol. The van der Waals surface area contributed by atoms with Crippen LogP contribution in [-0.4, -0.2) is 24.7 Å². The van der Waals surface area contributed by atoms with E-state index in [9.17, 15) is 8.42 Å². The van der Waals surface area contributed by atoms with Gasteiger partial charge in [0, 0.05) is 18.9 Å². The lowest BCUT2D eigenvalue weighted by Crippen LogP contribution is -2.26. The summed E-state index contributed by atoms with van der Waals surface area (Å²) in [6.07, 6.45) is 4.24. The van der Waals surface area contributed by atoms with Crippen LogP contribution in [-0.2, 0) is 16.4 Å². The molecule has 0 bridgehead atoms. The fourth-order valence-electron chi connectivity index (χ4n) is 2.68. The van der Waals surface area contributed by atoms with Gasteiger partial charge in [0.15, 0.2) is 0 Å². The van der Waals surface area contributed by atoms with E-state index in [2.05, 4.69) is 23.7 Å². The molecule has 0 aliphatic heterocycles. The van der Waals surface area contributed by atoms with Crippen molar-refractivity contribution in [1.82, 2.24) is 14.5 Å². The van der Waals surface area contributed by atoms with Crippen molar-refractivity contribution >= 4 is 10.0 Å². The molecule has 0 saturated carbocycles. The van der Waals surface area contributed by atoms with Crippen molar-refractivity contribution in [2.75, 3.05) is 6.54 Å². The number of sulfonamides is 1. The van der Waals surface area contributed by atoms with Gasteiger partial charge in [0.2, 0.25) is 10.0 Å². The van der Waals surface area contributed by atoms with Crippen molar-refractivity contribution in [3.8, 4) is 5.69 Å². The molecule has 3 aromatic rings. The van der Waals surface area contributed by atoms with E-state index in [4.69, 9.17) is 0 Å².